The van der Waals surface area contributed by atoms with Crippen LogP contribution in [0.4, 0.5) is 0 Å². The summed E-state index contributed by atoms with van der Waals surface area (Å²) in [6, 6.07) is 4.54. The van der Waals surface area contributed by atoms with E-state index in [1.54, 1.807) is 13.0 Å². The fourth-order valence-electron chi connectivity index (χ4n) is 5.28. The van der Waals surface area contributed by atoms with Crippen molar-refractivity contribution in [2.24, 2.45) is 17.8 Å². The Morgan fingerprint density at radius 2 is 1.87 bits per heavy atom. The third-order valence-corrected chi connectivity index (χ3v) is 7.43. The number of hydrogen-bond acceptors (Lipinski definition) is 12. The van der Waals surface area contributed by atoms with Crippen LogP contribution in [0.15, 0.2) is 36.1 Å². The van der Waals surface area contributed by atoms with E-state index in [1.807, 2.05) is 0 Å². The van der Waals surface area contributed by atoms with Crippen LogP contribution in [-0.4, -0.2) is 99.4 Å². The molecule has 0 aromatic heterocycles. The van der Waals surface area contributed by atoms with Crippen LogP contribution in [-0.2, 0) is 28.5 Å². The number of carbonyl (C=O) groups is 2. The van der Waals surface area contributed by atoms with Crippen LogP contribution in [0.5, 0.6) is 11.5 Å². The summed E-state index contributed by atoms with van der Waals surface area (Å²) in [5, 5.41) is 59.3. The molecule has 13 nitrogen and oxygen atoms in total. The SMILES string of the molecule is COc1cc(C=CC(=O)O[C@H]2C[C@@H]3C(C(=O)O)=CO[C@@H](O[C@@H]4O[C@H](CO)[C@@H](O)[C@H](O)[C@H]4O)[C@@H]3[C@@H]2C)ccc1O. The summed E-state index contributed by atoms with van der Waals surface area (Å²) in [4.78, 5) is 24.5. The van der Waals surface area contributed by atoms with Gasteiger partial charge in [0.15, 0.2) is 17.8 Å². The second-order valence-corrected chi connectivity index (χ2v) is 9.73. The second kappa shape index (κ2) is 11.9. The lowest BCUT2D eigenvalue weighted by atomic mass is 9.83. The minimum absolute atomic E-state index is 0.0363. The highest BCUT2D eigenvalue weighted by atomic mass is 16.8. The van der Waals surface area contributed by atoms with Gasteiger partial charge in [0.05, 0.1) is 25.6 Å². The summed E-state index contributed by atoms with van der Waals surface area (Å²) in [5.74, 6) is -3.44. The summed E-state index contributed by atoms with van der Waals surface area (Å²) in [5.41, 5.74) is 0.540. The molecule has 1 saturated heterocycles. The number of aliphatic hydroxyl groups excluding tert-OH is 4. The van der Waals surface area contributed by atoms with Crippen molar-refractivity contribution in [1.29, 1.82) is 0 Å². The fourth-order valence-corrected chi connectivity index (χ4v) is 5.28. The minimum atomic E-state index is -1.68. The molecule has 39 heavy (non-hydrogen) atoms. The van der Waals surface area contributed by atoms with E-state index >= 15 is 0 Å². The van der Waals surface area contributed by atoms with Crippen LogP contribution in [0, 0.1) is 17.8 Å². The number of carboxylic acid groups (broad SMARTS) is 1. The molecule has 0 amide bonds. The van der Waals surface area contributed by atoms with Crippen LogP contribution >= 0.6 is 0 Å². The topological polar surface area (TPSA) is 202 Å². The number of esters is 1. The smallest absolute Gasteiger partial charge is 0.334 e. The Morgan fingerprint density at radius 1 is 1.13 bits per heavy atom. The molecule has 10 atom stereocenters. The van der Waals surface area contributed by atoms with E-state index in [2.05, 4.69) is 0 Å². The minimum Gasteiger partial charge on any atom is -0.504 e. The molecule has 1 saturated carbocycles. The number of fused-ring (bicyclic) bond motifs is 1. The molecule has 2 heterocycles. The van der Waals surface area contributed by atoms with Crippen LogP contribution in [0.25, 0.3) is 6.08 Å². The lowest BCUT2D eigenvalue weighted by molar-refractivity contribution is -0.342. The molecule has 13 heteroatoms. The van der Waals surface area contributed by atoms with E-state index in [0.29, 0.717) is 5.56 Å². The van der Waals surface area contributed by atoms with Crippen molar-refractivity contribution >= 4 is 18.0 Å². The average molecular weight is 553 g/mol. The monoisotopic (exact) mass is 552 g/mol. The van der Waals surface area contributed by atoms with Crippen LogP contribution < -0.4 is 4.74 Å². The zero-order chi connectivity index (χ0) is 28.4. The molecule has 0 spiro atoms. The first-order chi connectivity index (χ1) is 18.5. The number of phenolic OH excluding ortho intramolecular Hbond substituents is 1. The molecule has 1 aromatic rings. The number of methoxy groups -OCH3 is 1. The molecule has 214 valence electrons. The van der Waals surface area contributed by atoms with Gasteiger partial charge in [0, 0.05) is 23.8 Å². The Balaban J connectivity index is 1.48. The van der Waals surface area contributed by atoms with Gasteiger partial charge in [0.25, 0.3) is 0 Å². The van der Waals surface area contributed by atoms with E-state index < -0.39 is 79.4 Å². The van der Waals surface area contributed by atoms with Gasteiger partial charge in [-0.15, -0.1) is 0 Å². The standard InChI is InChI=1S/C26H32O13/c1-11-16(37-19(29)6-4-12-3-5-15(28)17(7-12)35-2)8-13-14(24(33)34)10-36-25(20(11)13)39-26-23(32)22(31)21(30)18(9-27)38-26/h3-7,10-11,13,16,18,20-23,25-28,30-32H,8-9H2,1-2H3,(H,33,34)/t11-,13-,16+,18-,20-,21-,22+,23-,25+,26+/m1/s1. The molecule has 3 aliphatic rings. The predicted octanol–water partition coefficient (Wildman–Crippen LogP) is -0.261. The molecule has 6 N–H and O–H groups in total. The van der Waals surface area contributed by atoms with Crippen molar-refractivity contribution in [3.05, 3.63) is 41.7 Å². The molecule has 2 aliphatic heterocycles. The molecule has 1 aliphatic carbocycles. The second-order valence-electron chi connectivity index (χ2n) is 9.73. The number of aromatic hydroxyl groups is 1. The number of carboxylic acids is 1. The zero-order valence-electron chi connectivity index (χ0n) is 21.2. The Morgan fingerprint density at radius 3 is 2.54 bits per heavy atom. The predicted molar refractivity (Wildman–Crippen MR) is 130 cm³/mol. The quantitative estimate of drug-likeness (QED) is 0.182. The number of benzene rings is 1. The molecule has 0 unspecified atom stereocenters. The molecule has 1 aromatic carbocycles. The molecule has 0 radical (unpaired) electrons. The largest absolute Gasteiger partial charge is 0.504 e. The molecule has 4 rings (SSSR count). The average Bonchev–Trinajstić information content (AvgIpc) is 3.24. The summed E-state index contributed by atoms with van der Waals surface area (Å²) >= 11 is 0. The van der Waals surface area contributed by atoms with Gasteiger partial charge in [0.1, 0.15) is 30.5 Å². The van der Waals surface area contributed by atoms with Gasteiger partial charge in [0.2, 0.25) is 6.29 Å². The molecular weight excluding hydrogens is 520 g/mol. The van der Waals surface area contributed by atoms with Gasteiger partial charge in [-0.25, -0.2) is 9.59 Å². The first kappa shape index (κ1) is 28.8. The van der Waals surface area contributed by atoms with Crippen LogP contribution in [0.1, 0.15) is 18.9 Å². The normalized spacial score (nSPS) is 36.1. The van der Waals surface area contributed by atoms with Crippen molar-refractivity contribution in [2.45, 2.75) is 56.4 Å². The number of rotatable bonds is 8. The maximum absolute atomic E-state index is 12.6. The lowest BCUT2D eigenvalue weighted by Crippen LogP contribution is -2.60. The number of ether oxygens (including phenoxy) is 5. The van der Waals surface area contributed by atoms with Crippen molar-refractivity contribution in [2.75, 3.05) is 13.7 Å². The number of aliphatic carboxylic acids is 1. The Bertz CT molecular complexity index is 1120. The highest BCUT2D eigenvalue weighted by Gasteiger charge is 2.54. The van der Waals surface area contributed by atoms with Gasteiger partial charge in [-0.1, -0.05) is 13.0 Å². The summed E-state index contributed by atoms with van der Waals surface area (Å²) < 4.78 is 27.5. The van der Waals surface area contributed by atoms with Crippen LogP contribution in [0.2, 0.25) is 0 Å². The summed E-state index contributed by atoms with van der Waals surface area (Å²) in [7, 11) is 1.40. The van der Waals surface area contributed by atoms with Crippen molar-refractivity contribution in [3.63, 3.8) is 0 Å². The molecule has 0 bridgehead atoms. The Kier molecular flexibility index (Phi) is 8.79. The van der Waals surface area contributed by atoms with E-state index in [1.165, 1.54) is 31.4 Å². The number of carbonyl (C=O) groups excluding carboxylic acids is 1. The maximum Gasteiger partial charge on any atom is 0.334 e. The lowest BCUT2D eigenvalue weighted by Gasteiger charge is -2.43. The van der Waals surface area contributed by atoms with Crippen LogP contribution in [0.3, 0.4) is 0 Å². The summed E-state index contributed by atoms with van der Waals surface area (Å²) in [6.07, 6.45) is -5.60. The maximum atomic E-state index is 12.6. The first-order valence-corrected chi connectivity index (χ1v) is 12.4. The molecule has 2 fully saturated rings. The van der Waals surface area contributed by atoms with Gasteiger partial charge >= 0.3 is 11.9 Å². The molecular formula is C26H32O13. The van der Waals surface area contributed by atoms with E-state index in [0.717, 1.165) is 6.26 Å². The number of phenols is 1. The highest BCUT2D eigenvalue weighted by Crippen LogP contribution is 2.48. The van der Waals surface area contributed by atoms with Gasteiger partial charge in [-0.2, -0.15) is 0 Å². The van der Waals surface area contributed by atoms with Gasteiger partial charge in [-0.05, 0) is 30.2 Å². The Labute approximate surface area is 223 Å². The van der Waals surface area contributed by atoms with Crippen molar-refractivity contribution < 1.29 is 63.9 Å². The van der Waals surface area contributed by atoms with E-state index in [-0.39, 0.29) is 23.5 Å². The fraction of sp³-hybridized carbons (Fsp3) is 0.538. The van der Waals surface area contributed by atoms with Crippen molar-refractivity contribution in [1.82, 2.24) is 0 Å². The summed E-state index contributed by atoms with van der Waals surface area (Å²) in [6.45, 7) is 1.10. The highest BCUT2D eigenvalue weighted by molar-refractivity contribution is 5.88. The Hall–Kier alpha value is -3.20. The van der Waals surface area contributed by atoms with Crippen molar-refractivity contribution in [3.8, 4) is 11.5 Å². The first-order valence-electron chi connectivity index (χ1n) is 12.4. The number of aliphatic hydroxyl groups is 4. The van der Waals surface area contributed by atoms with Gasteiger partial charge < -0.3 is 54.3 Å². The van der Waals surface area contributed by atoms with E-state index in [4.69, 9.17) is 23.7 Å². The third-order valence-electron chi connectivity index (χ3n) is 7.43. The van der Waals surface area contributed by atoms with Gasteiger partial charge in [-0.3, -0.25) is 0 Å². The third kappa shape index (κ3) is 5.88. The van der Waals surface area contributed by atoms with E-state index in [9.17, 15) is 40.2 Å². The zero-order valence-corrected chi connectivity index (χ0v) is 21.2. The number of hydrogen-bond donors (Lipinski definition) is 6.